The van der Waals surface area contributed by atoms with Gasteiger partial charge in [-0.3, -0.25) is 4.98 Å². The van der Waals surface area contributed by atoms with Gasteiger partial charge in [0.05, 0.1) is 5.38 Å². The lowest BCUT2D eigenvalue weighted by molar-refractivity contribution is 0.699. The van der Waals surface area contributed by atoms with Gasteiger partial charge in [0, 0.05) is 16.9 Å². The summed E-state index contributed by atoms with van der Waals surface area (Å²) in [7, 11) is 0. The Hall–Kier alpha value is 0.210. The molecule has 0 bridgehead atoms. The summed E-state index contributed by atoms with van der Waals surface area (Å²) in [6.45, 7) is 2.17. The summed E-state index contributed by atoms with van der Waals surface area (Å²) in [6.07, 6.45) is 6.98. The van der Waals surface area contributed by atoms with Gasteiger partial charge < -0.3 is 0 Å². The van der Waals surface area contributed by atoms with E-state index in [-0.39, 0.29) is 17.8 Å². The van der Waals surface area contributed by atoms with Gasteiger partial charge in [-0.2, -0.15) is 0 Å². The Kier molecular flexibility index (Phi) is 7.61. The van der Waals surface area contributed by atoms with Gasteiger partial charge in [0.15, 0.2) is 0 Å². The van der Waals surface area contributed by atoms with Crippen molar-refractivity contribution in [3.05, 3.63) is 28.5 Å². The van der Waals surface area contributed by atoms with Crippen molar-refractivity contribution in [2.24, 2.45) is 0 Å². The van der Waals surface area contributed by atoms with Crippen LogP contribution in [-0.2, 0) is 0 Å². The van der Waals surface area contributed by atoms with Gasteiger partial charge >= 0.3 is 0 Å². The third-order valence-electron chi connectivity index (χ3n) is 1.90. The summed E-state index contributed by atoms with van der Waals surface area (Å²) < 4.78 is 0.993. The summed E-state index contributed by atoms with van der Waals surface area (Å²) in [5, 5.41) is 0.102. The number of halogens is 3. The fourth-order valence-electron chi connectivity index (χ4n) is 1.15. The van der Waals surface area contributed by atoms with Gasteiger partial charge in [-0.15, -0.1) is 24.0 Å². The molecule has 1 unspecified atom stereocenters. The van der Waals surface area contributed by atoms with E-state index in [1.165, 1.54) is 12.8 Å². The average molecular weight is 299 g/mol. The van der Waals surface area contributed by atoms with E-state index in [1.807, 2.05) is 12.3 Å². The second-order valence-corrected chi connectivity index (χ2v) is 4.49. The standard InChI is InChI=1S/C10H13BrClN.ClH/c1-2-3-4-10(12)8-5-9(11)7-13-6-8;/h5-7,10H,2-4H2,1H3;1H. The summed E-state index contributed by atoms with van der Waals surface area (Å²) in [5.74, 6) is 0. The van der Waals surface area contributed by atoms with Crippen molar-refractivity contribution in [1.82, 2.24) is 4.98 Å². The van der Waals surface area contributed by atoms with Crippen LogP contribution in [0.2, 0.25) is 0 Å². The monoisotopic (exact) mass is 297 g/mol. The lowest BCUT2D eigenvalue weighted by Crippen LogP contribution is -1.91. The molecule has 1 aromatic rings. The molecule has 0 aliphatic rings. The molecular weight excluding hydrogens is 285 g/mol. The van der Waals surface area contributed by atoms with Gasteiger partial charge in [0.1, 0.15) is 0 Å². The molecule has 0 fully saturated rings. The highest BCUT2D eigenvalue weighted by atomic mass is 79.9. The molecule has 14 heavy (non-hydrogen) atoms. The molecule has 0 aliphatic heterocycles. The van der Waals surface area contributed by atoms with Crippen LogP contribution in [0.5, 0.6) is 0 Å². The fraction of sp³-hybridized carbons (Fsp3) is 0.500. The molecule has 1 heterocycles. The smallest absolute Gasteiger partial charge is 0.0600 e. The largest absolute Gasteiger partial charge is 0.263 e. The van der Waals surface area contributed by atoms with Gasteiger partial charge in [0.2, 0.25) is 0 Å². The lowest BCUT2D eigenvalue weighted by Gasteiger charge is -2.08. The Morgan fingerprint density at radius 2 is 2.21 bits per heavy atom. The zero-order valence-corrected chi connectivity index (χ0v) is 11.2. The van der Waals surface area contributed by atoms with E-state index in [2.05, 4.69) is 27.8 Å². The van der Waals surface area contributed by atoms with Crippen molar-refractivity contribution in [2.45, 2.75) is 31.6 Å². The van der Waals surface area contributed by atoms with Crippen LogP contribution < -0.4 is 0 Å². The Bertz CT molecular complexity index is 268. The van der Waals surface area contributed by atoms with Gasteiger partial charge in [0.25, 0.3) is 0 Å². The summed E-state index contributed by atoms with van der Waals surface area (Å²) in [6, 6.07) is 2.03. The number of hydrogen-bond donors (Lipinski definition) is 0. The number of aromatic nitrogens is 1. The van der Waals surface area contributed by atoms with E-state index in [9.17, 15) is 0 Å². The molecule has 0 saturated heterocycles. The molecule has 1 nitrogen and oxygen atoms in total. The van der Waals surface area contributed by atoms with Crippen molar-refractivity contribution in [3.63, 3.8) is 0 Å². The number of unbranched alkanes of at least 4 members (excludes halogenated alkanes) is 1. The van der Waals surface area contributed by atoms with Crippen molar-refractivity contribution in [1.29, 1.82) is 0 Å². The van der Waals surface area contributed by atoms with Crippen LogP contribution in [0.15, 0.2) is 22.9 Å². The Balaban J connectivity index is 0.00000169. The minimum absolute atomic E-state index is 0. The molecule has 0 spiro atoms. The minimum Gasteiger partial charge on any atom is -0.263 e. The maximum atomic E-state index is 6.20. The predicted molar refractivity (Wildman–Crippen MR) is 67.3 cm³/mol. The first kappa shape index (κ1) is 14.2. The van der Waals surface area contributed by atoms with Crippen LogP contribution >= 0.6 is 39.9 Å². The quantitative estimate of drug-likeness (QED) is 0.732. The maximum absolute atomic E-state index is 6.20. The molecule has 1 atom stereocenters. The van der Waals surface area contributed by atoms with Crippen LogP contribution in [0, 0.1) is 0 Å². The predicted octanol–water partition coefficient (Wildman–Crippen LogP) is 4.74. The molecule has 0 radical (unpaired) electrons. The second kappa shape index (κ2) is 7.49. The van der Waals surface area contributed by atoms with Crippen LogP contribution in [0.3, 0.4) is 0 Å². The van der Waals surface area contributed by atoms with E-state index in [0.717, 1.165) is 16.5 Å². The van der Waals surface area contributed by atoms with Crippen LogP contribution in [0.25, 0.3) is 0 Å². The fourth-order valence-corrected chi connectivity index (χ4v) is 1.81. The third-order valence-corrected chi connectivity index (χ3v) is 2.80. The number of nitrogens with zero attached hydrogens (tertiary/aromatic N) is 1. The Morgan fingerprint density at radius 3 is 2.79 bits per heavy atom. The normalized spacial score (nSPS) is 11.9. The Morgan fingerprint density at radius 1 is 1.50 bits per heavy atom. The topological polar surface area (TPSA) is 12.9 Å². The molecule has 1 aromatic heterocycles. The van der Waals surface area contributed by atoms with Crippen molar-refractivity contribution in [2.75, 3.05) is 0 Å². The molecule has 4 heteroatoms. The lowest BCUT2D eigenvalue weighted by atomic mass is 10.1. The van der Waals surface area contributed by atoms with E-state index in [4.69, 9.17) is 11.6 Å². The molecule has 1 rings (SSSR count). The first-order valence-electron chi connectivity index (χ1n) is 4.48. The molecule has 0 aliphatic carbocycles. The molecule has 0 saturated carbocycles. The van der Waals surface area contributed by atoms with Gasteiger partial charge in [-0.1, -0.05) is 19.8 Å². The van der Waals surface area contributed by atoms with Crippen LogP contribution in [0.1, 0.15) is 37.1 Å². The zero-order valence-electron chi connectivity index (χ0n) is 8.04. The molecular formula is C10H14BrCl2N. The zero-order chi connectivity index (χ0) is 9.68. The number of pyridine rings is 1. The number of hydrogen-bond acceptors (Lipinski definition) is 1. The van der Waals surface area contributed by atoms with Gasteiger partial charge in [-0.05, 0) is 34.0 Å². The van der Waals surface area contributed by atoms with E-state index in [0.29, 0.717) is 0 Å². The maximum Gasteiger partial charge on any atom is 0.0600 e. The highest BCUT2D eigenvalue weighted by molar-refractivity contribution is 9.10. The SMILES string of the molecule is CCCCC(Cl)c1cncc(Br)c1.Cl. The summed E-state index contributed by atoms with van der Waals surface area (Å²) in [5.41, 5.74) is 1.10. The summed E-state index contributed by atoms with van der Waals surface area (Å²) >= 11 is 9.57. The van der Waals surface area contributed by atoms with Crippen molar-refractivity contribution in [3.8, 4) is 0 Å². The second-order valence-electron chi connectivity index (χ2n) is 3.05. The van der Waals surface area contributed by atoms with Crippen molar-refractivity contribution >= 4 is 39.9 Å². The third kappa shape index (κ3) is 4.63. The van der Waals surface area contributed by atoms with E-state index < -0.39 is 0 Å². The highest BCUT2D eigenvalue weighted by Crippen LogP contribution is 2.27. The first-order valence-corrected chi connectivity index (χ1v) is 5.71. The minimum atomic E-state index is 0. The Labute approximate surface area is 105 Å². The van der Waals surface area contributed by atoms with Gasteiger partial charge in [-0.25, -0.2) is 0 Å². The number of rotatable bonds is 4. The average Bonchev–Trinajstić information content (AvgIpc) is 2.14. The van der Waals surface area contributed by atoms with E-state index in [1.54, 1.807) is 6.20 Å². The summed E-state index contributed by atoms with van der Waals surface area (Å²) in [4.78, 5) is 4.08. The van der Waals surface area contributed by atoms with Crippen LogP contribution in [0.4, 0.5) is 0 Å². The molecule has 80 valence electrons. The molecule has 0 aromatic carbocycles. The van der Waals surface area contributed by atoms with Crippen LogP contribution in [-0.4, -0.2) is 4.98 Å². The highest BCUT2D eigenvalue weighted by Gasteiger charge is 2.07. The van der Waals surface area contributed by atoms with E-state index >= 15 is 0 Å². The molecule has 0 N–H and O–H groups in total. The number of alkyl halides is 1. The first-order chi connectivity index (χ1) is 6.24. The molecule has 0 amide bonds. The van der Waals surface area contributed by atoms with Crippen molar-refractivity contribution < 1.29 is 0 Å².